The van der Waals surface area contributed by atoms with E-state index in [-0.39, 0.29) is 25.7 Å². The minimum atomic E-state index is -3.45. The van der Waals surface area contributed by atoms with Crippen LogP contribution in [-0.4, -0.2) is 25.7 Å². The van der Waals surface area contributed by atoms with Gasteiger partial charge in [0, 0.05) is 9.78 Å². The molecular formula is C13H21BrO5P2. The van der Waals surface area contributed by atoms with E-state index in [0.717, 1.165) is 4.47 Å². The summed E-state index contributed by atoms with van der Waals surface area (Å²) in [4.78, 5) is 0. The van der Waals surface area contributed by atoms with Gasteiger partial charge in [-0.05, 0) is 45.0 Å². The van der Waals surface area contributed by atoms with Crippen LogP contribution in [0.2, 0.25) is 0 Å². The SMILES string of the molecule is CCOP(=O)(CP(=O)(OCC)c1ccc(Br)cc1)OCC. The number of hydrogen-bond donors (Lipinski definition) is 0. The van der Waals surface area contributed by atoms with Gasteiger partial charge in [-0.3, -0.25) is 9.13 Å². The minimum Gasteiger partial charge on any atom is -0.325 e. The zero-order valence-electron chi connectivity index (χ0n) is 12.5. The highest BCUT2D eigenvalue weighted by Gasteiger charge is 2.38. The molecule has 0 radical (unpaired) electrons. The molecule has 120 valence electrons. The van der Waals surface area contributed by atoms with Crippen molar-refractivity contribution in [2.45, 2.75) is 20.8 Å². The average molecular weight is 399 g/mol. The first-order valence-corrected chi connectivity index (χ1v) is 11.1. The van der Waals surface area contributed by atoms with Crippen LogP contribution in [0.5, 0.6) is 0 Å². The molecule has 0 N–H and O–H groups in total. The highest BCUT2D eigenvalue weighted by molar-refractivity contribution is 9.10. The van der Waals surface area contributed by atoms with Crippen LogP contribution < -0.4 is 5.30 Å². The third-order valence-electron chi connectivity index (χ3n) is 2.57. The lowest BCUT2D eigenvalue weighted by Crippen LogP contribution is -2.13. The molecule has 0 amide bonds. The summed E-state index contributed by atoms with van der Waals surface area (Å²) >= 11 is 3.33. The molecule has 21 heavy (non-hydrogen) atoms. The van der Waals surface area contributed by atoms with E-state index >= 15 is 0 Å². The summed E-state index contributed by atoms with van der Waals surface area (Å²) in [6.07, 6.45) is 0. The second-order valence-electron chi connectivity index (χ2n) is 4.16. The number of benzene rings is 1. The van der Waals surface area contributed by atoms with Gasteiger partial charge in [0.05, 0.1) is 19.8 Å². The van der Waals surface area contributed by atoms with Gasteiger partial charge in [-0.1, -0.05) is 15.9 Å². The third-order valence-corrected chi connectivity index (χ3v) is 9.04. The van der Waals surface area contributed by atoms with Gasteiger partial charge in [0.15, 0.2) is 0 Å². The predicted molar refractivity (Wildman–Crippen MR) is 88.7 cm³/mol. The van der Waals surface area contributed by atoms with E-state index in [1.54, 1.807) is 45.0 Å². The van der Waals surface area contributed by atoms with Crippen molar-refractivity contribution in [3.63, 3.8) is 0 Å². The van der Waals surface area contributed by atoms with Crippen molar-refractivity contribution in [3.8, 4) is 0 Å². The maximum absolute atomic E-state index is 13.1. The van der Waals surface area contributed by atoms with E-state index in [0.29, 0.717) is 5.30 Å². The zero-order chi connectivity index (χ0) is 15.9. The molecule has 0 saturated heterocycles. The first-order valence-electron chi connectivity index (χ1n) is 6.77. The Hall–Kier alpha value is 0.0400. The third kappa shape index (κ3) is 5.63. The maximum atomic E-state index is 13.1. The Kier molecular flexibility index (Phi) is 7.83. The van der Waals surface area contributed by atoms with E-state index in [4.69, 9.17) is 13.6 Å². The van der Waals surface area contributed by atoms with Crippen molar-refractivity contribution in [3.05, 3.63) is 28.7 Å². The van der Waals surface area contributed by atoms with E-state index < -0.39 is 15.0 Å². The van der Waals surface area contributed by atoms with Crippen molar-refractivity contribution in [1.29, 1.82) is 0 Å². The summed E-state index contributed by atoms with van der Waals surface area (Å²) in [5, 5.41) is 0.507. The summed E-state index contributed by atoms with van der Waals surface area (Å²) in [5.74, 6) is -0.253. The van der Waals surface area contributed by atoms with Crippen LogP contribution >= 0.6 is 30.9 Å². The fourth-order valence-corrected chi connectivity index (χ4v) is 7.57. The monoisotopic (exact) mass is 398 g/mol. The van der Waals surface area contributed by atoms with Crippen LogP contribution in [-0.2, 0) is 22.7 Å². The molecule has 1 aromatic carbocycles. The molecule has 5 nitrogen and oxygen atoms in total. The minimum absolute atomic E-state index is 0.226. The Balaban J connectivity index is 3.12. The molecule has 0 aliphatic rings. The van der Waals surface area contributed by atoms with E-state index in [1.165, 1.54) is 0 Å². The Bertz CT molecular complexity index is 522. The van der Waals surface area contributed by atoms with Gasteiger partial charge in [0.2, 0.25) is 7.37 Å². The Morgan fingerprint density at radius 2 is 1.38 bits per heavy atom. The van der Waals surface area contributed by atoms with E-state index in [2.05, 4.69) is 15.9 Å². The first-order chi connectivity index (χ1) is 9.89. The molecule has 1 aromatic rings. The molecule has 0 fully saturated rings. The standard InChI is InChI=1S/C13H21BrO5P2/c1-4-17-20(15,13-9-7-12(14)8-10-13)11-21(16,18-5-2)19-6-3/h7-10H,4-6,11H2,1-3H3. The van der Waals surface area contributed by atoms with Crippen molar-refractivity contribution >= 4 is 36.2 Å². The van der Waals surface area contributed by atoms with E-state index in [1.807, 2.05) is 0 Å². The number of rotatable bonds is 9. The number of hydrogen-bond acceptors (Lipinski definition) is 5. The highest BCUT2D eigenvalue weighted by Crippen LogP contribution is 2.62. The lowest BCUT2D eigenvalue weighted by molar-refractivity contribution is 0.222. The Morgan fingerprint density at radius 1 is 0.905 bits per heavy atom. The second-order valence-corrected chi connectivity index (χ2v) is 10.1. The van der Waals surface area contributed by atoms with Crippen LogP contribution in [0, 0.1) is 0 Å². The molecule has 0 aliphatic heterocycles. The summed E-state index contributed by atoms with van der Waals surface area (Å²) in [5.41, 5.74) is 0. The Morgan fingerprint density at radius 3 is 1.81 bits per heavy atom. The predicted octanol–water partition coefficient (Wildman–Crippen LogP) is 4.61. The molecule has 0 aliphatic carbocycles. The lowest BCUT2D eigenvalue weighted by Gasteiger charge is -2.23. The average Bonchev–Trinajstić information content (AvgIpc) is 2.39. The van der Waals surface area contributed by atoms with Gasteiger partial charge in [0.25, 0.3) is 0 Å². The molecule has 0 heterocycles. The second kappa shape index (κ2) is 8.61. The van der Waals surface area contributed by atoms with Gasteiger partial charge < -0.3 is 13.6 Å². The molecule has 0 bridgehead atoms. The topological polar surface area (TPSA) is 61.8 Å². The van der Waals surface area contributed by atoms with Crippen LogP contribution in [0.3, 0.4) is 0 Å². The largest absolute Gasteiger partial charge is 0.340 e. The van der Waals surface area contributed by atoms with Crippen LogP contribution in [0.4, 0.5) is 0 Å². The highest BCUT2D eigenvalue weighted by atomic mass is 79.9. The van der Waals surface area contributed by atoms with Crippen molar-refractivity contribution in [2.75, 3.05) is 25.7 Å². The first kappa shape index (κ1) is 19.1. The molecule has 1 unspecified atom stereocenters. The van der Waals surface area contributed by atoms with Crippen LogP contribution in [0.15, 0.2) is 28.7 Å². The summed E-state index contributed by atoms with van der Waals surface area (Å²) in [7, 11) is -6.75. The van der Waals surface area contributed by atoms with Crippen molar-refractivity contribution < 1.29 is 22.7 Å². The van der Waals surface area contributed by atoms with Crippen molar-refractivity contribution in [1.82, 2.24) is 0 Å². The van der Waals surface area contributed by atoms with Crippen LogP contribution in [0.25, 0.3) is 0 Å². The van der Waals surface area contributed by atoms with Gasteiger partial charge in [-0.15, -0.1) is 0 Å². The molecule has 0 spiro atoms. The normalized spacial score (nSPS) is 14.9. The quantitative estimate of drug-likeness (QED) is 0.568. The maximum Gasteiger partial charge on any atom is 0.340 e. The lowest BCUT2D eigenvalue weighted by atomic mass is 10.4. The number of halogens is 1. The van der Waals surface area contributed by atoms with E-state index in [9.17, 15) is 9.13 Å². The molecule has 0 saturated carbocycles. The smallest absolute Gasteiger partial charge is 0.325 e. The summed E-state index contributed by atoms with van der Waals surface area (Å²) in [6.45, 7) is 5.89. The fourth-order valence-electron chi connectivity index (χ4n) is 1.81. The van der Waals surface area contributed by atoms with Gasteiger partial charge in [-0.25, -0.2) is 0 Å². The van der Waals surface area contributed by atoms with Crippen LogP contribution in [0.1, 0.15) is 20.8 Å². The molecular weight excluding hydrogens is 378 g/mol. The molecule has 8 heteroatoms. The van der Waals surface area contributed by atoms with Gasteiger partial charge in [0.1, 0.15) is 5.90 Å². The Labute approximate surface area is 134 Å². The zero-order valence-corrected chi connectivity index (χ0v) is 15.8. The molecule has 0 aromatic heterocycles. The molecule has 1 atom stereocenters. The van der Waals surface area contributed by atoms with Crippen molar-refractivity contribution in [2.24, 2.45) is 0 Å². The van der Waals surface area contributed by atoms with Gasteiger partial charge in [-0.2, -0.15) is 0 Å². The summed E-state index contributed by atoms with van der Waals surface area (Å²) in [6, 6.07) is 6.94. The van der Waals surface area contributed by atoms with Gasteiger partial charge >= 0.3 is 7.60 Å². The fraction of sp³-hybridized carbons (Fsp3) is 0.538. The summed E-state index contributed by atoms with van der Waals surface area (Å²) < 4.78 is 42.5. The molecule has 1 rings (SSSR count).